The standard InChI is InChI=1S/C8H8N4O2/c1-4(9)5-2-3-6(10-13)8-7(5)11-14-12-8/h2-4H,9H2,1H3. The second-order valence-corrected chi connectivity index (χ2v) is 3.02. The Morgan fingerprint density at radius 3 is 2.79 bits per heavy atom. The van der Waals surface area contributed by atoms with Gasteiger partial charge in [0, 0.05) is 11.6 Å². The van der Waals surface area contributed by atoms with Crippen molar-refractivity contribution < 1.29 is 4.63 Å². The lowest BCUT2D eigenvalue weighted by molar-refractivity contribution is 0.315. The van der Waals surface area contributed by atoms with Crippen LogP contribution in [0.25, 0.3) is 11.0 Å². The first-order chi connectivity index (χ1) is 6.74. The van der Waals surface area contributed by atoms with E-state index >= 15 is 0 Å². The predicted octanol–water partition coefficient (Wildman–Crippen LogP) is 1.64. The van der Waals surface area contributed by atoms with E-state index in [1.54, 1.807) is 12.1 Å². The zero-order chi connectivity index (χ0) is 10.1. The van der Waals surface area contributed by atoms with Crippen molar-refractivity contribution in [3.05, 3.63) is 22.6 Å². The molecule has 0 spiro atoms. The number of nitrogens with zero attached hydrogens (tertiary/aromatic N) is 3. The molecule has 6 heteroatoms. The Balaban J connectivity index is 2.78. The summed E-state index contributed by atoms with van der Waals surface area (Å²) in [4.78, 5) is 10.4. The molecule has 0 aliphatic heterocycles. The largest absolute Gasteiger partial charge is 0.324 e. The fourth-order valence-electron chi connectivity index (χ4n) is 1.31. The predicted molar refractivity (Wildman–Crippen MR) is 49.9 cm³/mol. The zero-order valence-corrected chi connectivity index (χ0v) is 7.47. The molecule has 72 valence electrons. The van der Waals surface area contributed by atoms with Crippen molar-refractivity contribution in [2.45, 2.75) is 13.0 Å². The SMILES string of the molecule is CC(N)c1ccc(N=O)c2nonc12. The maximum absolute atomic E-state index is 10.4. The van der Waals surface area contributed by atoms with Crippen molar-refractivity contribution in [2.75, 3.05) is 0 Å². The molecule has 0 aliphatic rings. The van der Waals surface area contributed by atoms with Gasteiger partial charge in [0.1, 0.15) is 11.2 Å². The number of fused-ring (bicyclic) bond motifs is 1. The van der Waals surface area contributed by atoms with Crippen LogP contribution >= 0.6 is 0 Å². The van der Waals surface area contributed by atoms with E-state index in [0.29, 0.717) is 11.0 Å². The van der Waals surface area contributed by atoms with Gasteiger partial charge in [-0.15, -0.1) is 4.91 Å². The summed E-state index contributed by atoms with van der Waals surface area (Å²) in [5.41, 5.74) is 7.57. The summed E-state index contributed by atoms with van der Waals surface area (Å²) in [7, 11) is 0. The van der Waals surface area contributed by atoms with Gasteiger partial charge < -0.3 is 5.73 Å². The number of rotatable bonds is 2. The van der Waals surface area contributed by atoms with E-state index in [1.165, 1.54) is 0 Å². The number of nitrogens with two attached hydrogens (primary N) is 1. The quantitative estimate of drug-likeness (QED) is 0.730. The van der Waals surface area contributed by atoms with E-state index in [9.17, 15) is 4.91 Å². The van der Waals surface area contributed by atoms with Crippen molar-refractivity contribution in [2.24, 2.45) is 10.9 Å². The van der Waals surface area contributed by atoms with Gasteiger partial charge in [0.15, 0.2) is 5.52 Å². The maximum atomic E-state index is 10.4. The molecule has 0 bridgehead atoms. The van der Waals surface area contributed by atoms with Gasteiger partial charge in [-0.3, -0.25) is 0 Å². The van der Waals surface area contributed by atoms with Gasteiger partial charge in [0.25, 0.3) is 0 Å². The highest BCUT2D eigenvalue weighted by Crippen LogP contribution is 2.28. The summed E-state index contributed by atoms with van der Waals surface area (Å²) in [6.45, 7) is 1.82. The van der Waals surface area contributed by atoms with Crippen LogP contribution in [0.15, 0.2) is 21.9 Å². The minimum atomic E-state index is -0.190. The molecule has 1 atom stereocenters. The van der Waals surface area contributed by atoms with Gasteiger partial charge in [-0.25, -0.2) is 4.63 Å². The third-order valence-electron chi connectivity index (χ3n) is 2.01. The number of benzene rings is 1. The van der Waals surface area contributed by atoms with Crippen LogP contribution < -0.4 is 5.73 Å². The van der Waals surface area contributed by atoms with Gasteiger partial charge in [0.2, 0.25) is 0 Å². The summed E-state index contributed by atoms with van der Waals surface area (Å²) < 4.78 is 4.54. The molecule has 0 saturated heterocycles. The van der Waals surface area contributed by atoms with Crippen molar-refractivity contribution in [1.29, 1.82) is 0 Å². The zero-order valence-electron chi connectivity index (χ0n) is 7.47. The van der Waals surface area contributed by atoms with Crippen molar-refractivity contribution >= 4 is 16.7 Å². The van der Waals surface area contributed by atoms with Crippen LogP contribution in [-0.4, -0.2) is 10.3 Å². The molecule has 1 heterocycles. The minimum absolute atomic E-state index is 0.190. The van der Waals surface area contributed by atoms with Crippen LogP contribution in [0.5, 0.6) is 0 Å². The second kappa shape index (κ2) is 3.15. The van der Waals surface area contributed by atoms with Crippen LogP contribution in [0.4, 0.5) is 5.69 Å². The first kappa shape index (κ1) is 8.76. The molecule has 0 saturated carbocycles. The van der Waals surface area contributed by atoms with Gasteiger partial charge in [-0.2, -0.15) is 0 Å². The summed E-state index contributed by atoms with van der Waals surface area (Å²) in [5, 5.41) is 10.1. The van der Waals surface area contributed by atoms with Crippen LogP contribution in [0.1, 0.15) is 18.5 Å². The second-order valence-electron chi connectivity index (χ2n) is 3.02. The third kappa shape index (κ3) is 1.16. The smallest absolute Gasteiger partial charge is 0.164 e. The van der Waals surface area contributed by atoms with E-state index in [2.05, 4.69) is 20.1 Å². The molecule has 6 nitrogen and oxygen atoms in total. The average Bonchev–Trinajstić information content (AvgIpc) is 2.64. The minimum Gasteiger partial charge on any atom is -0.324 e. The molecule has 1 unspecified atom stereocenters. The molecule has 0 fully saturated rings. The lowest BCUT2D eigenvalue weighted by Gasteiger charge is -2.04. The molecule has 2 rings (SSSR count). The van der Waals surface area contributed by atoms with E-state index in [-0.39, 0.29) is 11.7 Å². The van der Waals surface area contributed by atoms with Gasteiger partial charge in [-0.05, 0) is 28.5 Å². The number of nitroso groups, excluding NO2 is 1. The van der Waals surface area contributed by atoms with Crippen LogP contribution in [0.3, 0.4) is 0 Å². The molecule has 0 radical (unpaired) electrons. The summed E-state index contributed by atoms with van der Waals surface area (Å²) in [5.74, 6) is 0. The van der Waals surface area contributed by atoms with Gasteiger partial charge >= 0.3 is 0 Å². The normalized spacial score (nSPS) is 13.0. The third-order valence-corrected chi connectivity index (χ3v) is 2.01. The Bertz CT molecular complexity index is 477. The van der Waals surface area contributed by atoms with Crippen molar-refractivity contribution in [1.82, 2.24) is 10.3 Å². The molecular weight excluding hydrogens is 184 g/mol. The Morgan fingerprint density at radius 1 is 1.43 bits per heavy atom. The molecule has 2 N–H and O–H groups in total. The molecule has 1 aromatic carbocycles. The van der Waals surface area contributed by atoms with E-state index in [0.717, 1.165) is 5.56 Å². The van der Waals surface area contributed by atoms with Gasteiger partial charge in [-0.1, -0.05) is 6.07 Å². The lowest BCUT2D eigenvalue weighted by atomic mass is 10.1. The van der Waals surface area contributed by atoms with Crippen molar-refractivity contribution in [3.63, 3.8) is 0 Å². The van der Waals surface area contributed by atoms with Crippen LogP contribution in [0.2, 0.25) is 0 Å². The van der Waals surface area contributed by atoms with Crippen molar-refractivity contribution in [3.8, 4) is 0 Å². The Kier molecular flexibility index (Phi) is 1.97. The maximum Gasteiger partial charge on any atom is 0.164 e. The lowest BCUT2D eigenvalue weighted by Crippen LogP contribution is -2.05. The van der Waals surface area contributed by atoms with E-state index < -0.39 is 0 Å². The Morgan fingerprint density at radius 2 is 2.14 bits per heavy atom. The first-order valence-corrected chi connectivity index (χ1v) is 4.08. The fraction of sp³-hybridized carbons (Fsp3) is 0.250. The molecule has 2 aromatic rings. The highest BCUT2D eigenvalue weighted by Gasteiger charge is 2.14. The highest BCUT2D eigenvalue weighted by molar-refractivity contribution is 5.88. The summed E-state index contributed by atoms with van der Waals surface area (Å²) >= 11 is 0. The topological polar surface area (TPSA) is 94.4 Å². The van der Waals surface area contributed by atoms with Crippen LogP contribution in [-0.2, 0) is 0 Å². The molecule has 1 aromatic heterocycles. The average molecular weight is 192 g/mol. The number of aromatic nitrogens is 2. The Labute approximate surface area is 79.0 Å². The molecule has 0 amide bonds. The Hall–Kier alpha value is -1.82. The van der Waals surface area contributed by atoms with Crippen LogP contribution in [0, 0.1) is 4.91 Å². The monoisotopic (exact) mass is 192 g/mol. The first-order valence-electron chi connectivity index (χ1n) is 4.08. The molecule has 0 aliphatic carbocycles. The van der Waals surface area contributed by atoms with Gasteiger partial charge in [0.05, 0.1) is 0 Å². The summed E-state index contributed by atoms with van der Waals surface area (Å²) in [6.07, 6.45) is 0. The molecule has 14 heavy (non-hydrogen) atoms. The number of hydrogen-bond donors (Lipinski definition) is 1. The van der Waals surface area contributed by atoms with E-state index in [4.69, 9.17) is 5.73 Å². The van der Waals surface area contributed by atoms with E-state index in [1.807, 2.05) is 6.92 Å². The number of hydrogen-bond acceptors (Lipinski definition) is 6. The fourth-order valence-corrected chi connectivity index (χ4v) is 1.31. The molecular formula is C8H8N4O2. The summed E-state index contributed by atoms with van der Waals surface area (Å²) in [6, 6.07) is 3.07. The highest BCUT2D eigenvalue weighted by atomic mass is 16.6.